The Morgan fingerprint density at radius 2 is 2.05 bits per heavy atom. The zero-order chi connectivity index (χ0) is 26.8. The average molecular weight is 537 g/mol. The number of halogens is 1. The fourth-order valence-electron chi connectivity index (χ4n) is 5.27. The molecule has 1 aliphatic carbocycles. The van der Waals surface area contributed by atoms with E-state index in [4.69, 9.17) is 21.1 Å². The molecule has 1 aromatic heterocycles. The smallest absolute Gasteiger partial charge is 0.131 e. The van der Waals surface area contributed by atoms with Crippen molar-refractivity contribution in [1.29, 1.82) is 0 Å². The number of rotatable bonds is 7. The van der Waals surface area contributed by atoms with Gasteiger partial charge in [-0.3, -0.25) is 4.98 Å². The molecule has 2 aromatic rings. The van der Waals surface area contributed by atoms with E-state index in [-0.39, 0.29) is 12.0 Å². The van der Waals surface area contributed by atoms with Crippen molar-refractivity contribution in [2.45, 2.75) is 62.7 Å². The summed E-state index contributed by atoms with van der Waals surface area (Å²) in [7, 11) is 0. The number of ether oxygens (including phenoxy) is 2. The van der Waals surface area contributed by atoms with Crippen molar-refractivity contribution in [2.75, 3.05) is 26.2 Å². The van der Waals surface area contributed by atoms with Gasteiger partial charge in [0.05, 0.1) is 22.3 Å². The molecule has 6 nitrogen and oxygen atoms in total. The molecule has 3 heterocycles. The Kier molecular flexibility index (Phi) is 7.96. The van der Waals surface area contributed by atoms with Gasteiger partial charge in [-0.25, -0.2) is 0 Å². The van der Waals surface area contributed by atoms with E-state index in [0.29, 0.717) is 12.4 Å². The van der Waals surface area contributed by atoms with Gasteiger partial charge in [0.25, 0.3) is 0 Å². The van der Waals surface area contributed by atoms with Crippen LogP contribution in [-0.4, -0.2) is 62.9 Å². The van der Waals surface area contributed by atoms with Crippen molar-refractivity contribution < 1.29 is 19.7 Å². The third kappa shape index (κ3) is 6.32. The fraction of sp³-hybridized carbons (Fsp3) is 0.452. The first-order valence-electron chi connectivity index (χ1n) is 13.4. The maximum atomic E-state index is 11.2. The van der Waals surface area contributed by atoms with Gasteiger partial charge in [0.2, 0.25) is 0 Å². The molecule has 0 radical (unpaired) electrons. The molecule has 1 atom stereocenters. The number of allylic oxidation sites excluding steroid dienone is 2. The van der Waals surface area contributed by atoms with Crippen molar-refractivity contribution in [2.24, 2.45) is 0 Å². The number of piperidine rings is 1. The third-order valence-corrected chi connectivity index (χ3v) is 7.76. The molecule has 2 N–H and O–H groups in total. The van der Waals surface area contributed by atoms with Crippen LogP contribution in [0.15, 0.2) is 66.4 Å². The lowest BCUT2D eigenvalue weighted by Gasteiger charge is -2.39. The standard InChI is InChI=1S/C31H37ClN2O4/c1-30(2,35)21-38-24-11-12-29-27(19-24)25(26-5-3-15-33-28(26)20-37-29)6-4-16-34-17-13-31(36,14-18-34)22-7-9-23(32)10-8-22/h3,5-9,11-12,15,19,23,35-36H,4,10,13-14,16-18,20-21H2,1-2H3. The summed E-state index contributed by atoms with van der Waals surface area (Å²) in [6.07, 6.45) is 13.2. The molecule has 38 heavy (non-hydrogen) atoms. The second kappa shape index (κ2) is 11.2. The number of hydrogen-bond acceptors (Lipinski definition) is 6. The van der Waals surface area contributed by atoms with E-state index < -0.39 is 11.2 Å². The summed E-state index contributed by atoms with van der Waals surface area (Å²) >= 11 is 6.17. The zero-order valence-corrected chi connectivity index (χ0v) is 23.0. The first kappa shape index (κ1) is 26.9. The predicted octanol–water partition coefficient (Wildman–Crippen LogP) is 5.27. The van der Waals surface area contributed by atoms with Gasteiger partial charge in [0.15, 0.2) is 0 Å². The number of hydrogen-bond donors (Lipinski definition) is 2. The molecule has 1 unspecified atom stereocenters. The highest BCUT2D eigenvalue weighted by Crippen LogP contribution is 2.39. The first-order chi connectivity index (χ1) is 18.2. The van der Waals surface area contributed by atoms with Gasteiger partial charge >= 0.3 is 0 Å². The highest BCUT2D eigenvalue weighted by molar-refractivity contribution is 6.22. The summed E-state index contributed by atoms with van der Waals surface area (Å²) in [5.74, 6) is 1.48. The van der Waals surface area contributed by atoms with Gasteiger partial charge in [-0.1, -0.05) is 30.4 Å². The molecule has 5 rings (SSSR count). The number of pyridine rings is 1. The van der Waals surface area contributed by atoms with Crippen molar-refractivity contribution in [3.63, 3.8) is 0 Å². The second-order valence-electron chi connectivity index (χ2n) is 11.1. The van der Waals surface area contributed by atoms with Crippen LogP contribution in [-0.2, 0) is 6.61 Å². The van der Waals surface area contributed by atoms with Crippen molar-refractivity contribution in [3.8, 4) is 11.5 Å². The van der Waals surface area contributed by atoms with Crippen LogP contribution < -0.4 is 9.47 Å². The maximum Gasteiger partial charge on any atom is 0.131 e. The Labute approximate surface area is 230 Å². The van der Waals surface area contributed by atoms with Crippen LogP contribution in [0.4, 0.5) is 0 Å². The van der Waals surface area contributed by atoms with Gasteiger partial charge in [-0.2, -0.15) is 0 Å². The summed E-state index contributed by atoms with van der Waals surface area (Å²) in [5.41, 5.74) is 3.34. The number of likely N-dealkylation sites (tertiary alicyclic amines) is 1. The molecule has 202 valence electrons. The minimum atomic E-state index is -0.921. The van der Waals surface area contributed by atoms with Gasteiger partial charge in [0, 0.05) is 37.0 Å². The lowest BCUT2D eigenvalue weighted by molar-refractivity contribution is 0.0123. The number of fused-ring (bicyclic) bond motifs is 2. The Hall–Kier alpha value is -2.64. The van der Waals surface area contributed by atoms with Crippen LogP contribution in [0.3, 0.4) is 0 Å². The molecule has 2 aliphatic heterocycles. The number of aliphatic hydroxyl groups is 2. The number of alkyl halides is 1. The molecule has 7 heteroatoms. The molecular formula is C31H37ClN2O4. The Bertz CT molecular complexity index is 1240. The van der Waals surface area contributed by atoms with Crippen LogP contribution in [0, 0.1) is 0 Å². The van der Waals surface area contributed by atoms with Crippen molar-refractivity contribution in [3.05, 3.63) is 83.2 Å². The van der Waals surface area contributed by atoms with Crippen LogP contribution in [0.5, 0.6) is 11.5 Å². The molecular weight excluding hydrogens is 500 g/mol. The summed E-state index contributed by atoms with van der Waals surface area (Å²) in [6.45, 7) is 6.66. The lowest BCUT2D eigenvalue weighted by atomic mass is 9.81. The van der Waals surface area contributed by atoms with E-state index in [0.717, 1.165) is 79.0 Å². The Morgan fingerprint density at radius 3 is 2.79 bits per heavy atom. The van der Waals surface area contributed by atoms with Crippen LogP contribution in [0.2, 0.25) is 0 Å². The van der Waals surface area contributed by atoms with Crippen molar-refractivity contribution in [1.82, 2.24) is 9.88 Å². The Morgan fingerprint density at radius 1 is 1.24 bits per heavy atom. The van der Waals surface area contributed by atoms with Gasteiger partial charge in [-0.15, -0.1) is 11.6 Å². The summed E-state index contributed by atoms with van der Waals surface area (Å²) in [6, 6.07) is 9.85. The fourth-order valence-corrected chi connectivity index (χ4v) is 5.43. The molecule has 0 amide bonds. The highest BCUT2D eigenvalue weighted by atomic mass is 35.5. The molecule has 0 bridgehead atoms. The van der Waals surface area contributed by atoms with Gasteiger partial charge < -0.3 is 24.6 Å². The minimum Gasteiger partial charge on any atom is -0.491 e. The molecule has 1 fully saturated rings. The van der Waals surface area contributed by atoms with Crippen molar-refractivity contribution >= 4 is 17.2 Å². The normalized spacial score (nSPS) is 22.2. The average Bonchev–Trinajstić information content (AvgIpc) is 3.05. The molecule has 3 aliphatic rings. The summed E-state index contributed by atoms with van der Waals surface area (Å²) in [4.78, 5) is 7.00. The molecule has 0 saturated carbocycles. The third-order valence-electron chi connectivity index (χ3n) is 7.44. The van der Waals surface area contributed by atoms with E-state index in [2.05, 4.69) is 28.1 Å². The zero-order valence-electron chi connectivity index (χ0n) is 22.2. The quantitative estimate of drug-likeness (QED) is 0.470. The summed E-state index contributed by atoms with van der Waals surface area (Å²) < 4.78 is 12.0. The van der Waals surface area contributed by atoms with Gasteiger partial charge in [-0.05, 0) is 74.9 Å². The van der Waals surface area contributed by atoms with E-state index in [1.165, 1.54) is 0 Å². The maximum absolute atomic E-state index is 11.2. The monoisotopic (exact) mass is 536 g/mol. The second-order valence-corrected chi connectivity index (χ2v) is 11.7. The minimum absolute atomic E-state index is 0.0273. The predicted molar refractivity (Wildman–Crippen MR) is 151 cm³/mol. The van der Waals surface area contributed by atoms with Gasteiger partial charge in [0.1, 0.15) is 24.7 Å². The SMILES string of the molecule is CC(C)(O)COc1ccc2c(c1)C(=CCCN1CCC(O)(C3=CCC(Cl)C=C3)CC1)c1cccnc1CO2. The number of nitrogens with zero attached hydrogens (tertiary/aromatic N) is 2. The van der Waals surface area contributed by atoms with Crippen LogP contribution >= 0.6 is 11.6 Å². The number of aromatic nitrogens is 1. The highest BCUT2D eigenvalue weighted by Gasteiger charge is 2.35. The Balaban J connectivity index is 1.31. The largest absolute Gasteiger partial charge is 0.491 e. The number of benzene rings is 1. The molecule has 0 spiro atoms. The van der Waals surface area contributed by atoms with E-state index in [1.54, 1.807) is 20.0 Å². The van der Waals surface area contributed by atoms with E-state index in [9.17, 15) is 10.2 Å². The molecule has 1 saturated heterocycles. The summed E-state index contributed by atoms with van der Waals surface area (Å²) in [5, 5.41) is 21.4. The van der Waals surface area contributed by atoms with Crippen LogP contribution in [0.1, 0.15) is 56.4 Å². The topological polar surface area (TPSA) is 75.1 Å². The van der Waals surface area contributed by atoms with Crippen LogP contribution in [0.25, 0.3) is 5.57 Å². The molecule has 1 aromatic carbocycles. The van der Waals surface area contributed by atoms with E-state index in [1.807, 2.05) is 36.4 Å². The first-order valence-corrected chi connectivity index (χ1v) is 13.9. The van der Waals surface area contributed by atoms with E-state index >= 15 is 0 Å². The lowest BCUT2D eigenvalue weighted by Crippen LogP contribution is -2.45.